The molecule has 0 spiro atoms. The Balaban J connectivity index is 1.43. The number of nitrogens with zero attached hydrogens (tertiary/aromatic N) is 2. The van der Waals surface area contributed by atoms with Crippen LogP contribution in [0.15, 0.2) is 70.5 Å². The topological polar surface area (TPSA) is 78.9 Å². The van der Waals surface area contributed by atoms with Gasteiger partial charge in [0, 0.05) is 38.7 Å². The van der Waals surface area contributed by atoms with Crippen LogP contribution in [0.2, 0.25) is 0 Å². The number of hydrogen-bond donors (Lipinski definition) is 3. The summed E-state index contributed by atoms with van der Waals surface area (Å²) < 4.78 is 0.900. The van der Waals surface area contributed by atoms with Crippen LogP contribution in [-0.2, 0) is 0 Å². The number of hydrogen-bond acceptors (Lipinski definition) is 6. The molecule has 0 radical (unpaired) electrons. The molecular weight excluding hydrogens is 474 g/mol. The molecule has 0 fully saturated rings. The van der Waals surface area contributed by atoms with Crippen LogP contribution in [-0.4, -0.2) is 15.9 Å². The van der Waals surface area contributed by atoms with Crippen LogP contribution < -0.4 is 16.0 Å². The Kier molecular flexibility index (Phi) is 6.29. The quantitative estimate of drug-likeness (QED) is 0.280. The Morgan fingerprint density at radius 2 is 1.52 bits per heavy atom. The highest BCUT2D eigenvalue weighted by atomic mass is 79.9. The first-order chi connectivity index (χ1) is 14.9. The maximum atomic E-state index is 12.3. The van der Waals surface area contributed by atoms with Gasteiger partial charge in [-0.1, -0.05) is 17.7 Å². The average Bonchev–Trinajstić information content (AvgIpc) is 3.17. The molecule has 0 saturated carbocycles. The van der Waals surface area contributed by atoms with Gasteiger partial charge in [-0.05, 0) is 72.2 Å². The Labute approximate surface area is 192 Å². The second-order valence-corrected chi connectivity index (χ2v) is 8.82. The van der Waals surface area contributed by atoms with Crippen molar-refractivity contribution < 1.29 is 4.79 Å². The van der Waals surface area contributed by atoms with Crippen LogP contribution in [0, 0.1) is 13.8 Å². The second kappa shape index (κ2) is 9.28. The molecule has 4 rings (SSSR count). The lowest BCUT2D eigenvalue weighted by atomic mass is 10.2. The first-order valence-electron chi connectivity index (χ1n) is 9.56. The summed E-state index contributed by atoms with van der Waals surface area (Å²) in [6.45, 7) is 3.98. The van der Waals surface area contributed by atoms with E-state index < -0.39 is 0 Å². The van der Waals surface area contributed by atoms with Gasteiger partial charge in [-0.15, -0.1) is 11.3 Å². The van der Waals surface area contributed by atoms with E-state index in [-0.39, 0.29) is 5.91 Å². The molecule has 0 atom stereocenters. The van der Waals surface area contributed by atoms with Crippen molar-refractivity contribution in [3.8, 4) is 0 Å². The Morgan fingerprint density at radius 3 is 2.19 bits per heavy atom. The summed E-state index contributed by atoms with van der Waals surface area (Å²) in [7, 11) is 0. The first-order valence-corrected chi connectivity index (χ1v) is 11.2. The molecule has 0 aliphatic rings. The average molecular weight is 494 g/mol. The van der Waals surface area contributed by atoms with E-state index in [0.717, 1.165) is 21.5 Å². The summed E-state index contributed by atoms with van der Waals surface area (Å²) in [5.74, 6) is 1.07. The minimum atomic E-state index is -0.134. The molecule has 4 aromatic rings. The molecule has 0 aliphatic heterocycles. The number of thiophene rings is 1. The molecule has 1 amide bonds. The molecule has 6 nitrogen and oxygen atoms in total. The first kappa shape index (κ1) is 21.0. The number of rotatable bonds is 6. The Morgan fingerprint density at radius 1 is 0.871 bits per heavy atom. The lowest BCUT2D eigenvalue weighted by molar-refractivity contribution is 0.103. The maximum absolute atomic E-state index is 12.3. The number of amides is 1. The lowest BCUT2D eigenvalue weighted by Gasteiger charge is -2.11. The van der Waals surface area contributed by atoms with Crippen molar-refractivity contribution >= 4 is 62.0 Å². The zero-order valence-electron chi connectivity index (χ0n) is 16.9. The molecule has 0 aliphatic carbocycles. The fourth-order valence-corrected chi connectivity index (χ4v) is 4.19. The van der Waals surface area contributed by atoms with Gasteiger partial charge in [0.15, 0.2) is 0 Å². The molecule has 2 heterocycles. The number of anilines is 5. The van der Waals surface area contributed by atoms with Gasteiger partial charge in [-0.25, -0.2) is 4.98 Å². The molecular formula is C23H20BrN5OS. The van der Waals surface area contributed by atoms with Crippen LogP contribution in [0.1, 0.15) is 20.9 Å². The highest BCUT2D eigenvalue weighted by molar-refractivity contribution is 9.10. The number of aryl methyl sites for hydroxylation is 2. The fraction of sp³-hybridized carbons (Fsp3) is 0.0870. The van der Waals surface area contributed by atoms with Crippen LogP contribution in [0.5, 0.6) is 0 Å². The minimum Gasteiger partial charge on any atom is -0.340 e. The van der Waals surface area contributed by atoms with Crippen molar-refractivity contribution in [1.82, 2.24) is 9.97 Å². The number of benzene rings is 2. The molecule has 0 unspecified atom stereocenters. The highest BCUT2D eigenvalue weighted by Crippen LogP contribution is 2.23. The molecule has 8 heteroatoms. The van der Waals surface area contributed by atoms with E-state index in [0.29, 0.717) is 22.3 Å². The van der Waals surface area contributed by atoms with E-state index in [1.165, 1.54) is 16.9 Å². The van der Waals surface area contributed by atoms with Crippen molar-refractivity contribution in [2.45, 2.75) is 13.8 Å². The number of aromatic nitrogens is 2. The monoisotopic (exact) mass is 493 g/mol. The number of carbonyl (C=O) groups excluding carboxylic acids is 1. The van der Waals surface area contributed by atoms with E-state index in [4.69, 9.17) is 0 Å². The predicted molar refractivity (Wildman–Crippen MR) is 131 cm³/mol. The molecule has 3 N–H and O–H groups in total. The molecule has 156 valence electrons. The van der Waals surface area contributed by atoms with Gasteiger partial charge in [0.05, 0.1) is 4.88 Å². The normalized spacial score (nSPS) is 10.5. The third-order valence-corrected chi connectivity index (χ3v) is 6.06. The van der Waals surface area contributed by atoms with Gasteiger partial charge in [-0.2, -0.15) is 4.98 Å². The third kappa shape index (κ3) is 5.68. The standard InChI is InChI=1S/C23H20BrN5OS/c1-14-3-5-17(6-4-14)26-21-11-15(2)25-23(29-21)28-19-9-7-18(8-10-19)27-22(30)20-12-16(24)13-31-20/h3-13H,1-2H3,(H,27,30)(H2,25,26,28,29). The summed E-state index contributed by atoms with van der Waals surface area (Å²) in [5.41, 5.74) is 4.55. The predicted octanol–water partition coefficient (Wildman–Crippen LogP) is 6.66. The van der Waals surface area contributed by atoms with Gasteiger partial charge < -0.3 is 16.0 Å². The van der Waals surface area contributed by atoms with E-state index in [1.807, 2.05) is 66.9 Å². The fourth-order valence-electron chi connectivity index (χ4n) is 2.86. The Bertz CT molecular complexity index is 1210. The van der Waals surface area contributed by atoms with E-state index in [9.17, 15) is 4.79 Å². The SMILES string of the molecule is Cc1ccc(Nc2cc(C)nc(Nc3ccc(NC(=O)c4cc(Br)cs4)cc3)n2)cc1. The van der Waals surface area contributed by atoms with E-state index in [1.54, 1.807) is 6.07 Å². The minimum absolute atomic E-state index is 0.134. The van der Waals surface area contributed by atoms with Gasteiger partial charge in [0.1, 0.15) is 5.82 Å². The molecule has 2 aromatic heterocycles. The maximum Gasteiger partial charge on any atom is 0.265 e. The van der Waals surface area contributed by atoms with Gasteiger partial charge in [0.2, 0.25) is 5.95 Å². The van der Waals surface area contributed by atoms with Crippen molar-refractivity contribution in [3.05, 3.63) is 86.7 Å². The Hall–Kier alpha value is -3.23. The van der Waals surface area contributed by atoms with Crippen LogP contribution in [0.3, 0.4) is 0 Å². The second-order valence-electron chi connectivity index (χ2n) is 6.99. The summed E-state index contributed by atoms with van der Waals surface area (Å²) in [4.78, 5) is 21.9. The number of nitrogens with one attached hydrogen (secondary N) is 3. The molecule has 0 bridgehead atoms. The van der Waals surface area contributed by atoms with Gasteiger partial charge in [-0.3, -0.25) is 4.79 Å². The van der Waals surface area contributed by atoms with Crippen molar-refractivity contribution in [2.75, 3.05) is 16.0 Å². The lowest BCUT2D eigenvalue weighted by Crippen LogP contribution is -2.10. The molecule has 0 saturated heterocycles. The van der Waals surface area contributed by atoms with Gasteiger partial charge in [0.25, 0.3) is 5.91 Å². The summed E-state index contributed by atoms with van der Waals surface area (Å²) in [6, 6.07) is 19.2. The number of carbonyl (C=O) groups is 1. The zero-order chi connectivity index (χ0) is 21.8. The largest absolute Gasteiger partial charge is 0.340 e. The number of halogens is 1. The van der Waals surface area contributed by atoms with Crippen molar-refractivity contribution in [3.63, 3.8) is 0 Å². The summed E-state index contributed by atoms with van der Waals surface area (Å²) in [6.07, 6.45) is 0. The molecule has 31 heavy (non-hydrogen) atoms. The highest BCUT2D eigenvalue weighted by Gasteiger charge is 2.09. The molecule has 2 aromatic carbocycles. The van der Waals surface area contributed by atoms with Crippen LogP contribution in [0.4, 0.5) is 28.8 Å². The summed E-state index contributed by atoms with van der Waals surface area (Å²) >= 11 is 4.76. The van der Waals surface area contributed by atoms with E-state index in [2.05, 4.69) is 48.8 Å². The zero-order valence-corrected chi connectivity index (χ0v) is 19.3. The van der Waals surface area contributed by atoms with Gasteiger partial charge >= 0.3 is 0 Å². The van der Waals surface area contributed by atoms with Crippen LogP contribution in [0.25, 0.3) is 0 Å². The van der Waals surface area contributed by atoms with Crippen molar-refractivity contribution in [2.24, 2.45) is 0 Å². The van der Waals surface area contributed by atoms with E-state index >= 15 is 0 Å². The van der Waals surface area contributed by atoms with Crippen molar-refractivity contribution in [1.29, 1.82) is 0 Å². The van der Waals surface area contributed by atoms with Crippen LogP contribution >= 0.6 is 27.3 Å². The smallest absolute Gasteiger partial charge is 0.265 e. The summed E-state index contributed by atoms with van der Waals surface area (Å²) in [5, 5.41) is 11.3. The third-order valence-electron chi connectivity index (χ3n) is 4.37.